The highest BCUT2D eigenvalue weighted by molar-refractivity contribution is 5.95. The average molecular weight is 252 g/mol. The molecular formula is C12H16N2O4. The number of aliphatic hydroxyl groups is 2. The summed E-state index contributed by atoms with van der Waals surface area (Å²) in [6, 6.07) is 5.96. The first-order chi connectivity index (χ1) is 8.52. The molecule has 1 aromatic rings. The summed E-state index contributed by atoms with van der Waals surface area (Å²) >= 11 is 0. The zero-order valence-corrected chi connectivity index (χ0v) is 10.0. The van der Waals surface area contributed by atoms with Crippen LogP contribution in [0.15, 0.2) is 24.3 Å². The Bertz CT molecular complexity index is 417. The SMILES string of the molecule is CC(=O)c1ccc(NC(=O)NCC(O)CO)cc1. The standard InChI is InChI=1S/C12H16N2O4/c1-8(16)9-2-4-10(5-3-9)14-12(18)13-6-11(17)7-15/h2-5,11,15,17H,6-7H2,1H3,(H2,13,14,18). The lowest BCUT2D eigenvalue weighted by molar-refractivity contribution is 0.0965. The molecule has 1 aromatic carbocycles. The lowest BCUT2D eigenvalue weighted by Crippen LogP contribution is -2.36. The number of nitrogens with one attached hydrogen (secondary N) is 2. The van der Waals surface area contributed by atoms with Gasteiger partial charge in [-0.25, -0.2) is 4.79 Å². The lowest BCUT2D eigenvalue weighted by Gasteiger charge is -2.10. The van der Waals surface area contributed by atoms with Crippen molar-refractivity contribution in [2.75, 3.05) is 18.5 Å². The molecule has 6 heteroatoms. The molecule has 0 bridgehead atoms. The molecule has 1 atom stereocenters. The van der Waals surface area contributed by atoms with E-state index in [-0.39, 0.29) is 12.3 Å². The average Bonchev–Trinajstić information content (AvgIpc) is 2.36. The largest absolute Gasteiger partial charge is 0.394 e. The van der Waals surface area contributed by atoms with E-state index in [1.165, 1.54) is 6.92 Å². The van der Waals surface area contributed by atoms with Gasteiger partial charge in [-0.2, -0.15) is 0 Å². The van der Waals surface area contributed by atoms with E-state index in [1.54, 1.807) is 24.3 Å². The maximum absolute atomic E-state index is 11.4. The molecule has 0 saturated carbocycles. The van der Waals surface area contributed by atoms with Crippen LogP contribution < -0.4 is 10.6 Å². The van der Waals surface area contributed by atoms with E-state index >= 15 is 0 Å². The summed E-state index contributed by atoms with van der Waals surface area (Å²) in [6.07, 6.45) is -0.976. The number of Topliss-reactive ketones (excluding diaryl/α,β-unsaturated/α-hetero) is 1. The Balaban J connectivity index is 2.47. The van der Waals surface area contributed by atoms with E-state index in [1.807, 2.05) is 0 Å². The molecule has 4 N–H and O–H groups in total. The number of carbonyl (C=O) groups excluding carboxylic acids is 2. The van der Waals surface area contributed by atoms with Gasteiger partial charge in [0.25, 0.3) is 0 Å². The Morgan fingerprint density at radius 3 is 2.39 bits per heavy atom. The molecular weight excluding hydrogens is 236 g/mol. The Kier molecular flexibility index (Phi) is 5.29. The maximum atomic E-state index is 11.4. The van der Waals surface area contributed by atoms with E-state index in [0.29, 0.717) is 11.3 Å². The van der Waals surface area contributed by atoms with Gasteiger partial charge in [0, 0.05) is 17.8 Å². The Morgan fingerprint density at radius 1 is 1.28 bits per heavy atom. The summed E-state index contributed by atoms with van der Waals surface area (Å²) in [5.41, 5.74) is 1.10. The molecule has 0 radical (unpaired) electrons. The molecule has 0 saturated heterocycles. The second kappa shape index (κ2) is 6.73. The predicted molar refractivity (Wildman–Crippen MR) is 66.6 cm³/mol. The fraction of sp³-hybridized carbons (Fsp3) is 0.333. The van der Waals surface area contributed by atoms with Crippen molar-refractivity contribution in [3.05, 3.63) is 29.8 Å². The highest BCUT2D eigenvalue weighted by Crippen LogP contribution is 2.09. The number of urea groups is 1. The van der Waals surface area contributed by atoms with Crippen LogP contribution in [0.3, 0.4) is 0 Å². The first kappa shape index (κ1) is 14.1. The minimum absolute atomic E-state index is 0.0339. The molecule has 0 heterocycles. The minimum atomic E-state index is -0.976. The van der Waals surface area contributed by atoms with Crippen molar-refractivity contribution < 1.29 is 19.8 Å². The number of anilines is 1. The molecule has 0 aromatic heterocycles. The Labute approximate surface area is 105 Å². The third-order valence-electron chi connectivity index (χ3n) is 2.26. The summed E-state index contributed by atoms with van der Waals surface area (Å²) in [5.74, 6) is -0.0444. The molecule has 0 spiro atoms. The number of hydrogen-bond donors (Lipinski definition) is 4. The quantitative estimate of drug-likeness (QED) is 0.569. The zero-order valence-electron chi connectivity index (χ0n) is 10.0. The summed E-state index contributed by atoms with van der Waals surface area (Å²) in [6.45, 7) is 1.02. The van der Waals surface area contributed by atoms with Crippen LogP contribution in [0.5, 0.6) is 0 Å². The number of aliphatic hydroxyl groups excluding tert-OH is 2. The number of amides is 2. The van der Waals surface area contributed by atoms with Crippen molar-refractivity contribution in [1.29, 1.82) is 0 Å². The van der Waals surface area contributed by atoms with Crippen LogP contribution in [0, 0.1) is 0 Å². The first-order valence-electron chi connectivity index (χ1n) is 5.47. The van der Waals surface area contributed by atoms with Crippen molar-refractivity contribution in [2.24, 2.45) is 0 Å². The van der Waals surface area contributed by atoms with Gasteiger partial charge in [0.15, 0.2) is 5.78 Å². The van der Waals surface area contributed by atoms with Gasteiger partial charge >= 0.3 is 6.03 Å². The van der Waals surface area contributed by atoms with E-state index in [9.17, 15) is 9.59 Å². The van der Waals surface area contributed by atoms with Crippen LogP contribution >= 0.6 is 0 Å². The molecule has 98 valence electrons. The van der Waals surface area contributed by atoms with Crippen LogP contribution in [-0.2, 0) is 0 Å². The number of benzene rings is 1. The summed E-state index contributed by atoms with van der Waals surface area (Å²) in [4.78, 5) is 22.4. The summed E-state index contributed by atoms with van der Waals surface area (Å²) in [7, 11) is 0. The maximum Gasteiger partial charge on any atom is 0.319 e. The third kappa shape index (κ3) is 4.52. The molecule has 0 aliphatic rings. The van der Waals surface area contributed by atoms with Gasteiger partial charge in [0.2, 0.25) is 0 Å². The molecule has 1 unspecified atom stereocenters. The minimum Gasteiger partial charge on any atom is -0.394 e. The number of rotatable bonds is 5. The van der Waals surface area contributed by atoms with Gasteiger partial charge in [-0.1, -0.05) is 0 Å². The molecule has 1 rings (SSSR count). The summed E-state index contributed by atoms with van der Waals surface area (Å²) < 4.78 is 0. The topological polar surface area (TPSA) is 98.7 Å². The normalized spacial score (nSPS) is 11.7. The van der Waals surface area contributed by atoms with E-state index < -0.39 is 18.7 Å². The number of ketones is 1. The van der Waals surface area contributed by atoms with E-state index in [0.717, 1.165) is 0 Å². The smallest absolute Gasteiger partial charge is 0.319 e. The van der Waals surface area contributed by atoms with Crippen molar-refractivity contribution in [3.63, 3.8) is 0 Å². The highest BCUT2D eigenvalue weighted by atomic mass is 16.3. The highest BCUT2D eigenvalue weighted by Gasteiger charge is 2.06. The Hall–Kier alpha value is -1.92. The van der Waals surface area contributed by atoms with Crippen LogP contribution in [0.25, 0.3) is 0 Å². The molecule has 0 aliphatic heterocycles. The number of hydrogen-bond acceptors (Lipinski definition) is 4. The van der Waals surface area contributed by atoms with Crippen LogP contribution in [0.1, 0.15) is 17.3 Å². The molecule has 18 heavy (non-hydrogen) atoms. The van der Waals surface area contributed by atoms with Gasteiger partial charge in [0.1, 0.15) is 0 Å². The lowest BCUT2D eigenvalue weighted by atomic mass is 10.1. The van der Waals surface area contributed by atoms with Gasteiger partial charge in [-0.05, 0) is 31.2 Å². The van der Waals surface area contributed by atoms with Crippen molar-refractivity contribution in [1.82, 2.24) is 5.32 Å². The van der Waals surface area contributed by atoms with E-state index in [2.05, 4.69) is 10.6 Å². The van der Waals surface area contributed by atoms with Gasteiger partial charge < -0.3 is 20.8 Å². The first-order valence-corrected chi connectivity index (χ1v) is 5.47. The Morgan fingerprint density at radius 2 is 1.89 bits per heavy atom. The fourth-order valence-electron chi connectivity index (χ4n) is 1.24. The fourth-order valence-corrected chi connectivity index (χ4v) is 1.24. The van der Waals surface area contributed by atoms with Crippen molar-refractivity contribution >= 4 is 17.5 Å². The van der Waals surface area contributed by atoms with Crippen LogP contribution in [-0.4, -0.2) is 41.3 Å². The van der Waals surface area contributed by atoms with Gasteiger partial charge in [-0.15, -0.1) is 0 Å². The van der Waals surface area contributed by atoms with Crippen molar-refractivity contribution in [3.8, 4) is 0 Å². The predicted octanol–water partition coefficient (Wildman–Crippen LogP) is 0.364. The van der Waals surface area contributed by atoms with Gasteiger partial charge in [-0.3, -0.25) is 4.79 Å². The summed E-state index contributed by atoms with van der Waals surface area (Å²) in [5, 5.41) is 22.5. The monoisotopic (exact) mass is 252 g/mol. The van der Waals surface area contributed by atoms with Crippen LogP contribution in [0.4, 0.5) is 10.5 Å². The third-order valence-corrected chi connectivity index (χ3v) is 2.26. The molecule has 0 aliphatic carbocycles. The van der Waals surface area contributed by atoms with E-state index in [4.69, 9.17) is 10.2 Å². The number of carbonyl (C=O) groups is 2. The second-order valence-electron chi connectivity index (χ2n) is 3.80. The molecule has 6 nitrogen and oxygen atoms in total. The molecule has 0 fully saturated rings. The second-order valence-corrected chi connectivity index (χ2v) is 3.80. The molecule has 2 amide bonds. The van der Waals surface area contributed by atoms with Gasteiger partial charge in [0.05, 0.1) is 12.7 Å². The zero-order chi connectivity index (χ0) is 13.5. The van der Waals surface area contributed by atoms with Crippen LogP contribution in [0.2, 0.25) is 0 Å². The van der Waals surface area contributed by atoms with Crippen molar-refractivity contribution in [2.45, 2.75) is 13.0 Å².